The van der Waals surface area contributed by atoms with Crippen molar-refractivity contribution in [3.63, 3.8) is 0 Å². The maximum absolute atomic E-state index is 11.7. The minimum absolute atomic E-state index is 0.208. The van der Waals surface area contributed by atoms with E-state index in [4.69, 9.17) is 5.11 Å². The second-order valence-corrected chi connectivity index (χ2v) is 4.87. The van der Waals surface area contributed by atoms with E-state index in [9.17, 15) is 9.59 Å². The van der Waals surface area contributed by atoms with Gasteiger partial charge in [0.1, 0.15) is 0 Å². The molecule has 0 saturated carbocycles. The summed E-state index contributed by atoms with van der Waals surface area (Å²) in [5.41, 5.74) is 1.54. The first-order chi connectivity index (χ1) is 9.40. The molecule has 0 saturated heterocycles. The van der Waals surface area contributed by atoms with Crippen LogP contribution in [0.2, 0.25) is 0 Å². The normalized spacial score (nSPS) is 10.4. The van der Waals surface area contributed by atoms with Crippen molar-refractivity contribution in [2.75, 3.05) is 32.5 Å². The van der Waals surface area contributed by atoms with Gasteiger partial charge in [0.15, 0.2) is 0 Å². The van der Waals surface area contributed by atoms with Crippen molar-refractivity contribution in [2.45, 2.75) is 13.3 Å². The minimum Gasteiger partial charge on any atom is -0.478 e. The summed E-state index contributed by atoms with van der Waals surface area (Å²) in [6.07, 6.45) is 0.872. The first kappa shape index (κ1) is 16.0. The number of carboxylic acids is 1. The Bertz CT molecular complexity index is 487. The lowest BCUT2D eigenvalue weighted by molar-refractivity contribution is 0.0697. The molecular weight excluding hydrogens is 258 g/mol. The first-order valence-electron chi connectivity index (χ1n) is 6.43. The summed E-state index contributed by atoms with van der Waals surface area (Å²) in [5.74, 6) is -0.979. The number of amides is 2. The first-order valence-corrected chi connectivity index (χ1v) is 6.43. The number of hydrogen-bond donors (Lipinski definition) is 3. The quantitative estimate of drug-likeness (QED) is 0.693. The zero-order valence-corrected chi connectivity index (χ0v) is 12.1. The molecule has 6 nitrogen and oxygen atoms in total. The molecule has 0 heterocycles. The molecule has 0 spiro atoms. The Kier molecular flexibility index (Phi) is 5.99. The number of rotatable bonds is 6. The second-order valence-electron chi connectivity index (χ2n) is 4.87. The molecule has 110 valence electrons. The van der Waals surface area contributed by atoms with E-state index in [-0.39, 0.29) is 11.6 Å². The van der Waals surface area contributed by atoms with Crippen LogP contribution in [0.3, 0.4) is 0 Å². The average molecular weight is 279 g/mol. The van der Waals surface area contributed by atoms with Crippen molar-refractivity contribution in [3.8, 4) is 0 Å². The minimum atomic E-state index is -0.979. The molecule has 0 unspecified atom stereocenters. The van der Waals surface area contributed by atoms with Gasteiger partial charge in [0.05, 0.1) is 5.56 Å². The highest BCUT2D eigenvalue weighted by molar-refractivity contribution is 5.92. The standard InChI is InChI=1S/C14H21N3O3/c1-10-9-11(13(18)19)5-6-12(10)16-14(20)15-7-4-8-17(2)3/h5-6,9H,4,7-8H2,1-3H3,(H,18,19)(H2,15,16,20). The van der Waals surface area contributed by atoms with Crippen LogP contribution in [-0.4, -0.2) is 49.2 Å². The molecule has 0 bridgehead atoms. The zero-order valence-electron chi connectivity index (χ0n) is 12.1. The number of nitrogens with one attached hydrogen (secondary N) is 2. The van der Waals surface area contributed by atoms with E-state index >= 15 is 0 Å². The van der Waals surface area contributed by atoms with Crippen molar-refractivity contribution >= 4 is 17.7 Å². The van der Waals surface area contributed by atoms with Gasteiger partial charge in [0, 0.05) is 12.2 Å². The summed E-state index contributed by atoms with van der Waals surface area (Å²) in [6, 6.07) is 4.31. The Balaban J connectivity index is 2.48. The van der Waals surface area contributed by atoms with E-state index < -0.39 is 5.97 Å². The number of nitrogens with zero attached hydrogens (tertiary/aromatic N) is 1. The van der Waals surface area contributed by atoms with Gasteiger partial charge in [-0.25, -0.2) is 9.59 Å². The van der Waals surface area contributed by atoms with Crippen LogP contribution in [0.5, 0.6) is 0 Å². The van der Waals surface area contributed by atoms with Crippen LogP contribution in [0.15, 0.2) is 18.2 Å². The SMILES string of the molecule is Cc1cc(C(=O)O)ccc1NC(=O)NCCCN(C)C. The summed E-state index contributed by atoms with van der Waals surface area (Å²) >= 11 is 0. The van der Waals surface area contributed by atoms with Crippen LogP contribution in [0, 0.1) is 6.92 Å². The van der Waals surface area contributed by atoms with Gasteiger partial charge in [-0.15, -0.1) is 0 Å². The van der Waals surface area contributed by atoms with Crippen molar-refractivity contribution < 1.29 is 14.7 Å². The Morgan fingerprint density at radius 2 is 2.00 bits per heavy atom. The van der Waals surface area contributed by atoms with Crippen LogP contribution in [0.25, 0.3) is 0 Å². The molecule has 6 heteroatoms. The summed E-state index contributed by atoms with van der Waals surface area (Å²) in [7, 11) is 3.96. The molecule has 0 radical (unpaired) electrons. The van der Waals surface area contributed by atoms with Crippen LogP contribution in [-0.2, 0) is 0 Å². The van der Waals surface area contributed by atoms with Crippen LogP contribution < -0.4 is 10.6 Å². The lowest BCUT2D eigenvalue weighted by Crippen LogP contribution is -2.31. The molecule has 0 aliphatic carbocycles. The maximum Gasteiger partial charge on any atom is 0.335 e. The van der Waals surface area contributed by atoms with E-state index in [0.29, 0.717) is 17.8 Å². The predicted molar refractivity (Wildman–Crippen MR) is 78.3 cm³/mol. The molecular formula is C14H21N3O3. The Labute approximate surface area is 118 Å². The average Bonchev–Trinajstić information content (AvgIpc) is 2.36. The number of anilines is 1. The van der Waals surface area contributed by atoms with Crippen molar-refractivity contribution in [1.29, 1.82) is 0 Å². The molecule has 20 heavy (non-hydrogen) atoms. The lowest BCUT2D eigenvalue weighted by Gasteiger charge is -2.12. The van der Waals surface area contributed by atoms with E-state index in [0.717, 1.165) is 13.0 Å². The van der Waals surface area contributed by atoms with Gasteiger partial charge in [-0.2, -0.15) is 0 Å². The van der Waals surface area contributed by atoms with E-state index in [2.05, 4.69) is 10.6 Å². The number of carboxylic acid groups (broad SMARTS) is 1. The summed E-state index contributed by atoms with van der Waals surface area (Å²) in [4.78, 5) is 24.5. The molecule has 1 rings (SSSR count). The number of aromatic carboxylic acids is 1. The highest BCUT2D eigenvalue weighted by Crippen LogP contribution is 2.16. The van der Waals surface area contributed by atoms with Gasteiger partial charge >= 0.3 is 12.0 Å². The van der Waals surface area contributed by atoms with Gasteiger partial charge in [0.25, 0.3) is 0 Å². The van der Waals surface area contributed by atoms with E-state index in [1.54, 1.807) is 13.0 Å². The number of aryl methyl sites for hydroxylation is 1. The van der Waals surface area contributed by atoms with Crippen LogP contribution >= 0.6 is 0 Å². The zero-order chi connectivity index (χ0) is 15.1. The van der Waals surface area contributed by atoms with Crippen LogP contribution in [0.1, 0.15) is 22.3 Å². The molecule has 0 aliphatic rings. The van der Waals surface area contributed by atoms with E-state index in [1.807, 2.05) is 19.0 Å². The fourth-order valence-corrected chi connectivity index (χ4v) is 1.70. The van der Waals surface area contributed by atoms with Crippen molar-refractivity contribution in [1.82, 2.24) is 10.2 Å². The van der Waals surface area contributed by atoms with Gasteiger partial charge in [-0.1, -0.05) is 0 Å². The van der Waals surface area contributed by atoms with Gasteiger partial charge in [-0.05, 0) is 57.7 Å². The van der Waals surface area contributed by atoms with E-state index in [1.165, 1.54) is 12.1 Å². The molecule has 1 aromatic rings. The molecule has 3 N–H and O–H groups in total. The summed E-state index contributed by atoms with van der Waals surface area (Å²) in [6.45, 7) is 3.26. The largest absolute Gasteiger partial charge is 0.478 e. The Hall–Kier alpha value is -2.08. The fourth-order valence-electron chi connectivity index (χ4n) is 1.70. The lowest BCUT2D eigenvalue weighted by atomic mass is 10.1. The maximum atomic E-state index is 11.7. The van der Waals surface area contributed by atoms with Gasteiger partial charge in [0.2, 0.25) is 0 Å². The molecule has 2 amide bonds. The Morgan fingerprint density at radius 3 is 2.55 bits per heavy atom. The fraction of sp³-hybridized carbons (Fsp3) is 0.429. The molecule has 0 fully saturated rings. The third-order valence-corrected chi connectivity index (χ3v) is 2.79. The number of hydrogen-bond acceptors (Lipinski definition) is 3. The molecule has 0 aromatic heterocycles. The number of urea groups is 1. The highest BCUT2D eigenvalue weighted by atomic mass is 16.4. The van der Waals surface area contributed by atoms with Crippen molar-refractivity contribution in [2.24, 2.45) is 0 Å². The monoisotopic (exact) mass is 279 g/mol. The summed E-state index contributed by atoms with van der Waals surface area (Å²) in [5, 5.41) is 14.3. The number of benzene rings is 1. The number of carbonyl (C=O) groups is 2. The van der Waals surface area contributed by atoms with Crippen molar-refractivity contribution in [3.05, 3.63) is 29.3 Å². The third-order valence-electron chi connectivity index (χ3n) is 2.79. The topological polar surface area (TPSA) is 81.7 Å². The molecule has 0 aliphatic heterocycles. The molecule has 0 atom stereocenters. The second kappa shape index (κ2) is 7.49. The summed E-state index contributed by atoms with van der Waals surface area (Å²) < 4.78 is 0. The Morgan fingerprint density at radius 1 is 1.30 bits per heavy atom. The smallest absolute Gasteiger partial charge is 0.335 e. The predicted octanol–water partition coefficient (Wildman–Crippen LogP) is 1.77. The third kappa shape index (κ3) is 5.27. The number of carbonyl (C=O) groups excluding carboxylic acids is 1. The van der Waals surface area contributed by atoms with Gasteiger partial charge in [-0.3, -0.25) is 0 Å². The highest BCUT2D eigenvalue weighted by Gasteiger charge is 2.07. The van der Waals surface area contributed by atoms with Crippen LogP contribution in [0.4, 0.5) is 10.5 Å². The molecule has 1 aromatic carbocycles. The van der Waals surface area contributed by atoms with Gasteiger partial charge < -0.3 is 20.6 Å².